The molecule has 1 unspecified atom stereocenters. The van der Waals surface area contributed by atoms with Gasteiger partial charge < -0.3 is 4.90 Å². The third-order valence-corrected chi connectivity index (χ3v) is 9.95. The van der Waals surface area contributed by atoms with Crippen molar-refractivity contribution in [3.8, 4) is 0 Å². The Morgan fingerprint density at radius 3 is 2.38 bits per heavy atom. The van der Waals surface area contributed by atoms with Crippen LogP contribution in [0.25, 0.3) is 0 Å². The van der Waals surface area contributed by atoms with Crippen molar-refractivity contribution in [1.82, 2.24) is 9.80 Å². The Labute approximate surface area is 194 Å². The van der Waals surface area contributed by atoms with E-state index in [-0.39, 0.29) is 23.1 Å². The summed E-state index contributed by atoms with van der Waals surface area (Å²) >= 11 is 0. The maximum Gasteiger partial charge on any atom is 0.326 e. The SMILES string of the molecule is CCN(CC)C(=O)N(CC)C(=O)C1C[C@@]2(C)C(=CC1=O)CC[C@@H]1[C@H]2CC[C@]2(C)CCC[C@@H]12. The van der Waals surface area contributed by atoms with Crippen LogP contribution in [0.5, 0.6) is 0 Å². The van der Waals surface area contributed by atoms with Gasteiger partial charge in [-0.15, -0.1) is 0 Å². The molecular weight excluding hydrogens is 400 g/mol. The Morgan fingerprint density at radius 2 is 1.72 bits per heavy atom. The van der Waals surface area contributed by atoms with Crippen molar-refractivity contribution in [3.05, 3.63) is 11.6 Å². The molecule has 0 aromatic carbocycles. The van der Waals surface area contributed by atoms with Crippen LogP contribution in [0.1, 0.15) is 86.0 Å². The number of ketones is 1. The number of urea groups is 1. The van der Waals surface area contributed by atoms with E-state index in [1.165, 1.54) is 49.0 Å². The van der Waals surface area contributed by atoms with Gasteiger partial charge >= 0.3 is 6.03 Å². The van der Waals surface area contributed by atoms with Gasteiger partial charge in [-0.3, -0.25) is 14.5 Å². The Hall–Kier alpha value is -1.65. The van der Waals surface area contributed by atoms with Crippen molar-refractivity contribution in [2.45, 2.75) is 86.0 Å². The van der Waals surface area contributed by atoms with Gasteiger partial charge in [-0.1, -0.05) is 25.8 Å². The molecule has 4 aliphatic carbocycles. The monoisotopic (exact) mass is 442 g/mol. The predicted octanol–water partition coefficient (Wildman–Crippen LogP) is 5.44. The van der Waals surface area contributed by atoms with Crippen LogP contribution >= 0.6 is 0 Å². The molecule has 0 aromatic heterocycles. The van der Waals surface area contributed by atoms with E-state index in [0.29, 0.717) is 43.3 Å². The van der Waals surface area contributed by atoms with Gasteiger partial charge in [-0.05, 0) is 100 Å². The zero-order valence-electron chi connectivity index (χ0n) is 20.8. The zero-order valence-corrected chi connectivity index (χ0v) is 20.8. The minimum Gasteiger partial charge on any atom is -0.325 e. The Morgan fingerprint density at radius 1 is 1.00 bits per heavy atom. The highest BCUT2D eigenvalue weighted by atomic mass is 16.2. The molecular formula is C27H42N2O3. The first kappa shape index (κ1) is 23.5. The predicted molar refractivity (Wildman–Crippen MR) is 126 cm³/mol. The lowest BCUT2D eigenvalue weighted by atomic mass is 9.47. The molecule has 4 rings (SSSR count). The summed E-state index contributed by atoms with van der Waals surface area (Å²) < 4.78 is 0. The molecule has 0 N–H and O–H groups in total. The van der Waals surface area contributed by atoms with Gasteiger partial charge in [0.2, 0.25) is 5.91 Å². The molecule has 32 heavy (non-hydrogen) atoms. The van der Waals surface area contributed by atoms with E-state index in [1.54, 1.807) is 11.0 Å². The van der Waals surface area contributed by atoms with Crippen molar-refractivity contribution in [3.63, 3.8) is 0 Å². The zero-order chi connectivity index (χ0) is 23.3. The molecule has 0 saturated heterocycles. The lowest BCUT2D eigenvalue weighted by Crippen LogP contribution is -2.54. The molecule has 5 nitrogen and oxygen atoms in total. The third-order valence-electron chi connectivity index (χ3n) is 9.95. The molecule has 0 heterocycles. The summed E-state index contributed by atoms with van der Waals surface area (Å²) in [5.74, 6) is 0.946. The number of hydrogen-bond donors (Lipinski definition) is 0. The highest BCUT2D eigenvalue weighted by molar-refractivity contribution is 6.11. The van der Waals surface area contributed by atoms with E-state index in [2.05, 4.69) is 13.8 Å². The van der Waals surface area contributed by atoms with Crippen LogP contribution in [-0.4, -0.2) is 47.2 Å². The average molecular weight is 443 g/mol. The van der Waals surface area contributed by atoms with Gasteiger partial charge in [0, 0.05) is 19.6 Å². The minimum absolute atomic E-state index is 0.0896. The Kier molecular flexibility index (Phi) is 6.32. The topological polar surface area (TPSA) is 57.7 Å². The lowest BCUT2D eigenvalue weighted by molar-refractivity contribution is -0.141. The fraction of sp³-hybridized carbons (Fsp3) is 0.815. The van der Waals surface area contributed by atoms with E-state index in [4.69, 9.17) is 0 Å². The molecule has 6 atom stereocenters. The molecule has 5 heteroatoms. The van der Waals surface area contributed by atoms with Crippen LogP contribution in [0.3, 0.4) is 0 Å². The van der Waals surface area contributed by atoms with Crippen molar-refractivity contribution in [2.75, 3.05) is 19.6 Å². The van der Waals surface area contributed by atoms with Crippen LogP contribution < -0.4 is 0 Å². The highest BCUT2D eigenvalue weighted by Gasteiger charge is 2.58. The van der Waals surface area contributed by atoms with Gasteiger partial charge in [0.15, 0.2) is 5.78 Å². The van der Waals surface area contributed by atoms with E-state index in [0.717, 1.165) is 12.3 Å². The fourth-order valence-corrected chi connectivity index (χ4v) is 8.08. The largest absolute Gasteiger partial charge is 0.326 e. The van der Waals surface area contributed by atoms with Crippen LogP contribution in [0.15, 0.2) is 11.6 Å². The van der Waals surface area contributed by atoms with Crippen LogP contribution in [-0.2, 0) is 9.59 Å². The second-order valence-corrected chi connectivity index (χ2v) is 11.3. The number of fused-ring (bicyclic) bond motifs is 5. The summed E-state index contributed by atoms with van der Waals surface area (Å²) in [7, 11) is 0. The maximum atomic E-state index is 13.6. The van der Waals surface area contributed by atoms with E-state index < -0.39 is 5.92 Å². The van der Waals surface area contributed by atoms with Crippen LogP contribution in [0.2, 0.25) is 0 Å². The number of allylic oxidation sites excluding steroid dienone is 1. The third kappa shape index (κ3) is 3.54. The first-order valence-electron chi connectivity index (χ1n) is 13.0. The van der Waals surface area contributed by atoms with E-state index in [1.807, 2.05) is 20.8 Å². The van der Waals surface area contributed by atoms with Crippen LogP contribution in [0.4, 0.5) is 4.79 Å². The number of imide groups is 1. The second kappa shape index (κ2) is 8.61. The average Bonchev–Trinajstić information content (AvgIpc) is 3.17. The van der Waals surface area contributed by atoms with E-state index in [9.17, 15) is 14.4 Å². The number of nitrogens with zero attached hydrogens (tertiary/aromatic N) is 2. The number of carbonyl (C=O) groups is 3. The number of carbonyl (C=O) groups excluding carboxylic acids is 3. The number of hydrogen-bond acceptors (Lipinski definition) is 3. The van der Waals surface area contributed by atoms with Crippen molar-refractivity contribution in [1.29, 1.82) is 0 Å². The van der Waals surface area contributed by atoms with Gasteiger partial charge in [0.05, 0.1) is 0 Å². The molecule has 178 valence electrons. The van der Waals surface area contributed by atoms with Gasteiger partial charge in [-0.2, -0.15) is 0 Å². The summed E-state index contributed by atoms with van der Waals surface area (Å²) in [6.45, 7) is 11.9. The van der Waals surface area contributed by atoms with Crippen LogP contribution in [0, 0.1) is 34.5 Å². The van der Waals surface area contributed by atoms with Crippen molar-refractivity contribution >= 4 is 17.7 Å². The summed E-state index contributed by atoms with van der Waals surface area (Å²) in [4.78, 5) is 42.6. The highest BCUT2D eigenvalue weighted by Crippen LogP contribution is 2.65. The quantitative estimate of drug-likeness (QED) is 0.544. The van der Waals surface area contributed by atoms with Crippen molar-refractivity contribution < 1.29 is 14.4 Å². The Bertz CT molecular complexity index is 816. The molecule has 0 spiro atoms. The first-order valence-corrected chi connectivity index (χ1v) is 13.0. The van der Waals surface area contributed by atoms with Crippen molar-refractivity contribution in [2.24, 2.45) is 34.5 Å². The first-order chi connectivity index (χ1) is 15.2. The molecule has 0 bridgehead atoms. The maximum absolute atomic E-state index is 13.6. The molecule has 0 aliphatic heterocycles. The Balaban J connectivity index is 1.60. The number of amides is 3. The molecule has 3 fully saturated rings. The number of rotatable bonds is 4. The molecule has 0 radical (unpaired) electrons. The van der Waals surface area contributed by atoms with Gasteiger partial charge in [-0.25, -0.2) is 4.79 Å². The molecule has 3 saturated carbocycles. The van der Waals surface area contributed by atoms with Gasteiger partial charge in [0.1, 0.15) is 5.92 Å². The minimum atomic E-state index is -0.723. The normalized spacial score (nSPS) is 38.3. The summed E-state index contributed by atoms with van der Waals surface area (Å²) in [5, 5.41) is 0. The van der Waals surface area contributed by atoms with E-state index >= 15 is 0 Å². The summed E-state index contributed by atoms with van der Waals surface area (Å²) in [6, 6.07) is -0.267. The lowest BCUT2D eigenvalue weighted by Gasteiger charge is -2.58. The molecule has 3 amide bonds. The summed E-state index contributed by atoms with van der Waals surface area (Å²) in [5.41, 5.74) is 1.67. The fourth-order valence-electron chi connectivity index (χ4n) is 8.08. The molecule has 0 aromatic rings. The smallest absolute Gasteiger partial charge is 0.325 e. The molecule has 4 aliphatic rings. The second-order valence-electron chi connectivity index (χ2n) is 11.3. The van der Waals surface area contributed by atoms with Gasteiger partial charge in [0.25, 0.3) is 0 Å². The standard InChI is InChI=1S/C27H42N2O3/c1-6-28(7-2)25(32)29(8-3)24(31)20-17-27(5)18(16-23(20)30)11-12-19-21-10-9-14-26(21,4)15-13-22(19)27/h16,19-22H,6-15,17H2,1-5H3/t19-,20?,21-,22+,26-,27-/m0/s1. The summed E-state index contributed by atoms with van der Waals surface area (Å²) in [6.07, 6.45) is 11.1.